The summed E-state index contributed by atoms with van der Waals surface area (Å²) in [5.74, 6) is 0.414. The molecule has 0 radical (unpaired) electrons. The van der Waals surface area contributed by atoms with E-state index in [-0.39, 0.29) is 28.7 Å². The number of thioether (sulfide) groups is 1. The lowest BCUT2D eigenvalue weighted by Crippen LogP contribution is -2.45. The highest BCUT2D eigenvalue weighted by atomic mass is 32.2. The SMILES string of the molecule is CCN(C(=O)C1Cc2ccccc2S1)C1CCS(=O)(=O)C1. The molecule has 1 saturated heterocycles. The van der Waals surface area contributed by atoms with Crippen molar-refractivity contribution >= 4 is 27.5 Å². The minimum atomic E-state index is -2.96. The smallest absolute Gasteiger partial charge is 0.236 e. The van der Waals surface area contributed by atoms with Crippen LogP contribution < -0.4 is 0 Å². The third-order valence-electron chi connectivity index (χ3n) is 4.20. The van der Waals surface area contributed by atoms with Gasteiger partial charge in [0.15, 0.2) is 9.84 Å². The van der Waals surface area contributed by atoms with Gasteiger partial charge in [-0.3, -0.25) is 4.79 Å². The van der Waals surface area contributed by atoms with Crippen molar-refractivity contribution in [1.29, 1.82) is 0 Å². The molecule has 21 heavy (non-hydrogen) atoms. The highest BCUT2D eigenvalue weighted by Gasteiger charge is 2.38. The minimum absolute atomic E-state index is 0.0841. The summed E-state index contributed by atoms with van der Waals surface area (Å²) in [6.07, 6.45) is 1.32. The molecule has 2 atom stereocenters. The molecule has 0 bridgehead atoms. The van der Waals surface area contributed by atoms with E-state index < -0.39 is 9.84 Å². The van der Waals surface area contributed by atoms with Crippen molar-refractivity contribution in [1.82, 2.24) is 4.90 Å². The van der Waals surface area contributed by atoms with Crippen LogP contribution in [0.4, 0.5) is 0 Å². The van der Waals surface area contributed by atoms with Gasteiger partial charge in [0.25, 0.3) is 0 Å². The zero-order valence-corrected chi connectivity index (χ0v) is 13.6. The fourth-order valence-electron chi connectivity index (χ4n) is 3.12. The number of hydrogen-bond acceptors (Lipinski definition) is 4. The van der Waals surface area contributed by atoms with Crippen molar-refractivity contribution in [2.75, 3.05) is 18.1 Å². The number of amides is 1. The molecule has 0 aromatic heterocycles. The Morgan fingerprint density at radius 2 is 2.14 bits per heavy atom. The van der Waals surface area contributed by atoms with Gasteiger partial charge in [0.05, 0.1) is 16.8 Å². The molecule has 1 fully saturated rings. The van der Waals surface area contributed by atoms with Crippen LogP contribution in [0.3, 0.4) is 0 Å². The Bertz CT molecular complexity index is 632. The average molecular weight is 325 g/mol. The van der Waals surface area contributed by atoms with E-state index in [1.54, 1.807) is 16.7 Å². The molecule has 2 aliphatic rings. The van der Waals surface area contributed by atoms with E-state index in [1.807, 2.05) is 25.1 Å². The molecule has 0 spiro atoms. The maximum Gasteiger partial charge on any atom is 0.236 e. The molecule has 1 aromatic rings. The summed E-state index contributed by atoms with van der Waals surface area (Å²) in [5.41, 5.74) is 1.22. The molecule has 3 rings (SSSR count). The van der Waals surface area contributed by atoms with E-state index in [1.165, 1.54) is 10.5 Å². The van der Waals surface area contributed by atoms with Crippen LogP contribution in [-0.4, -0.2) is 48.6 Å². The van der Waals surface area contributed by atoms with E-state index in [0.29, 0.717) is 13.0 Å². The Hall–Kier alpha value is -1.01. The maximum absolute atomic E-state index is 12.8. The number of hydrogen-bond donors (Lipinski definition) is 0. The Labute approximate surface area is 129 Å². The van der Waals surface area contributed by atoms with Crippen LogP contribution in [0.2, 0.25) is 0 Å². The molecule has 1 aromatic carbocycles. The van der Waals surface area contributed by atoms with Crippen molar-refractivity contribution < 1.29 is 13.2 Å². The second-order valence-corrected chi connectivity index (χ2v) is 9.07. The molecular weight excluding hydrogens is 306 g/mol. The molecule has 0 saturated carbocycles. The van der Waals surface area contributed by atoms with Crippen LogP contribution in [0.25, 0.3) is 0 Å². The molecule has 1 amide bonds. The first-order valence-electron chi connectivity index (χ1n) is 7.25. The first-order chi connectivity index (χ1) is 10.00. The Balaban J connectivity index is 1.73. The van der Waals surface area contributed by atoms with Crippen LogP contribution in [0, 0.1) is 0 Å². The van der Waals surface area contributed by atoms with E-state index in [9.17, 15) is 13.2 Å². The lowest BCUT2D eigenvalue weighted by molar-refractivity contribution is -0.132. The van der Waals surface area contributed by atoms with Gasteiger partial charge in [-0.05, 0) is 31.4 Å². The second-order valence-electron chi connectivity index (χ2n) is 5.60. The highest BCUT2D eigenvalue weighted by molar-refractivity contribution is 8.01. The Kier molecular flexibility index (Phi) is 4.01. The zero-order chi connectivity index (χ0) is 15.0. The predicted molar refractivity (Wildman–Crippen MR) is 84.2 cm³/mol. The lowest BCUT2D eigenvalue weighted by Gasteiger charge is -2.29. The lowest BCUT2D eigenvalue weighted by atomic mass is 10.1. The fraction of sp³-hybridized carbons (Fsp3) is 0.533. The van der Waals surface area contributed by atoms with Gasteiger partial charge in [0.1, 0.15) is 0 Å². The van der Waals surface area contributed by atoms with Gasteiger partial charge in [-0.1, -0.05) is 18.2 Å². The van der Waals surface area contributed by atoms with Gasteiger partial charge in [0, 0.05) is 17.5 Å². The van der Waals surface area contributed by atoms with Crippen molar-refractivity contribution in [2.45, 2.75) is 36.0 Å². The van der Waals surface area contributed by atoms with E-state index in [0.717, 1.165) is 6.42 Å². The molecule has 2 unspecified atom stereocenters. The van der Waals surface area contributed by atoms with Gasteiger partial charge in [0.2, 0.25) is 5.91 Å². The number of fused-ring (bicyclic) bond motifs is 1. The van der Waals surface area contributed by atoms with Crippen LogP contribution in [-0.2, 0) is 21.1 Å². The number of sulfone groups is 1. The number of rotatable bonds is 3. The highest BCUT2D eigenvalue weighted by Crippen LogP contribution is 2.38. The van der Waals surface area contributed by atoms with Gasteiger partial charge < -0.3 is 4.90 Å². The molecule has 2 aliphatic heterocycles. The molecule has 2 heterocycles. The third-order valence-corrected chi connectivity index (χ3v) is 7.25. The van der Waals surface area contributed by atoms with E-state index in [2.05, 4.69) is 6.07 Å². The fourth-order valence-corrected chi connectivity index (χ4v) is 6.12. The zero-order valence-electron chi connectivity index (χ0n) is 12.0. The van der Waals surface area contributed by atoms with Gasteiger partial charge >= 0.3 is 0 Å². The van der Waals surface area contributed by atoms with Crippen LogP contribution >= 0.6 is 11.8 Å². The van der Waals surface area contributed by atoms with Crippen molar-refractivity contribution in [3.63, 3.8) is 0 Å². The second kappa shape index (κ2) is 5.65. The number of carbonyl (C=O) groups excluding carboxylic acids is 1. The predicted octanol–water partition coefficient (Wildman–Crippen LogP) is 1.74. The molecule has 0 aliphatic carbocycles. The monoisotopic (exact) mass is 325 g/mol. The number of nitrogens with zero attached hydrogens (tertiary/aromatic N) is 1. The van der Waals surface area contributed by atoms with Gasteiger partial charge in [-0.15, -0.1) is 11.8 Å². The largest absolute Gasteiger partial charge is 0.338 e. The van der Waals surface area contributed by atoms with E-state index >= 15 is 0 Å². The minimum Gasteiger partial charge on any atom is -0.338 e. The summed E-state index contributed by atoms with van der Waals surface area (Å²) in [7, 11) is -2.96. The molecule has 6 heteroatoms. The van der Waals surface area contributed by atoms with Crippen molar-refractivity contribution in [2.24, 2.45) is 0 Å². The number of carbonyl (C=O) groups is 1. The molecule has 114 valence electrons. The number of benzene rings is 1. The third kappa shape index (κ3) is 2.97. The normalized spacial score (nSPS) is 26.5. The summed E-state index contributed by atoms with van der Waals surface area (Å²) in [4.78, 5) is 15.7. The van der Waals surface area contributed by atoms with Gasteiger partial charge in [-0.2, -0.15) is 0 Å². The first kappa shape index (κ1) is 14.9. The van der Waals surface area contributed by atoms with Crippen molar-refractivity contribution in [3.05, 3.63) is 29.8 Å². The van der Waals surface area contributed by atoms with Crippen LogP contribution in [0.1, 0.15) is 18.9 Å². The molecule has 4 nitrogen and oxygen atoms in total. The average Bonchev–Trinajstić information content (AvgIpc) is 3.02. The Morgan fingerprint density at radius 3 is 2.76 bits per heavy atom. The van der Waals surface area contributed by atoms with Crippen LogP contribution in [0.5, 0.6) is 0 Å². The summed E-state index contributed by atoms with van der Waals surface area (Å²) in [6.45, 7) is 2.50. The Morgan fingerprint density at radius 1 is 1.38 bits per heavy atom. The summed E-state index contributed by atoms with van der Waals surface area (Å²) in [6, 6.07) is 7.94. The summed E-state index contributed by atoms with van der Waals surface area (Å²) < 4.78 is 23.3. The first-order valence-corrected chi connectivity index (χ1v) is 9.96. The van der Waals surface area contributed by atoms with E-state index in [4.69, 9.17) is 0 Å². The summed E-state index contributed by atoms with van der Waals surface area (Å²) >= 11 is 1.61. The van der Waals surface area contributed by atoms with Gasteiger partial charge in [-0.25, -0.2) is 8.42 Å². The molecular formula is C15H19NO3S2. The van der Waals surface area contributed by atoms with Crippen LogP contribution in [0.15, 0.2) is 29.2 Å². The molecule has 0 N–H and O–H groups in total. The van der Waals surface area contributed by atoms with Crippen molar-refractivity contribution in [3.8, 4) is 0 Å². The maximum atomic E-state index is 12.8. The summed E-state index contributed by atoms with van der Waals surface area (Å²) in [5, 5.41) is -0.106. The quantitative estimate of drug-likeness (QED) is 0.849. The topological polar surface area (TPSA) is 54.5 Å². The standard InChI is InChI=1S/C15H19NO3S2/c1-2-16(12-7-8-21(18,19)10-12)15(17)14-9-11-5-3-4-6-13(11)20-14/h3-6,12,14H,2,7-10H2,1H3.